The van der Waals surface area contributed by atoms with Crippen LogP contribution < -0.4 is 4.57 Å². The molecular weight excluding hydrogens is 408 g/mol. The number of aromatic amines is 1. The Morgan fingerprint density at radius 1 is 1.00 bits per heavy atom. The van der Waals surface area contributed by atoms with Crippen LogP contribution in [0.2, 0.25) is 0 Å². The fourth-order valence-electron chi connectivity index (χ4n) is 3.17. The molecule has 0 bridgehead atoms. The van der Waals surface area contributed by atoms with Crippen LogP contribution in [-0.2, 0) is 17.4 Å². The Bertz CT molecular complexity index is 1400. The Morgan fingerprint density at radius 2 is 1.62 bits per heavy atom. The molecule has 0 aliphatic rings. The van der Waals surface area contributed by atoms with Gasteiger partial charge < -0.3 is 9.54 Å². The van der Waals surface area contributed by atoms with Gasteiger partial charge in [-0.05, 0) is 18.2 Å². The molecule has 150 valence electrons. The van der Waals surface area contributed by atoms with Crippen LogP contribution in [0.25, 0.3) is 32.8 Å². The highest BCUT2D eigenvalue weighted by molar-refractivity contribution is 7.79. The summed E-state index contributed by atoms with van der Waals surface area (Å²) >= 11 is 0. The van der Waals surface area contributed by atoms with Crippen molar-refractivity contribution in [1.82, 2.24) is 4.98 Å². The third kappa shape index (κ3) is 3.96. The number of H-pyrrole nitrogens is 1. The van der Waals surface area contributed by atoms with Gasteiger partial charge in [-0.25, -0.2) is 8.42 Å². The van der Waals surface area contributed by atoms with Gasteiger partial charge in [0, 0.05) is 0 Å². The summed E-state index contributed by atoms with van der Waals surface area (Å²) < 4.78 is 34.6. The lowest BCUT2D eigenvalue weighted by Crippen LogP contribution is -2.30. The number of non-ortho nitro benzene ring substituents is 2. The number of para-hydroxylation sites is 1. The summed E-state index contributed by atoms with van der Waals surface area (Å²) in [5, 5.41) is 23.8. The van der Waals surface area contributed by atoms with Crippen LogP contribution >= 0.6 is 0 Å². The zero-order chi connectivity index (χ0) is 21.5. The first-order valence-corrected chi connectivity index (χ1v) is 9.18. The van der Waals surface area contributed by atoms with Crippen LogP contribution in [0.3, 0.4) is 0 Å². The summed E-state index contributed by atoms with van der Waals surface area (Å²) in [4.78, 5) is 24.5. The predicted molar refractivity (Wildman–Crippen MR) is 100 cm³/mol. The number of benzene rings is 2. The molecule has 0 radical (unpaired) electrons. The van der Waals surface area contributed by atoms with E-state index in [1.165, 1.54) is 6.07 Å². The zero-order valence-corrected chi connectivity index (χ0v) is 15.4. The van der Waals surface area contributed by atoms with Crippen molar-refractivity contribution in [3.05, 3.63) is 62.7 Å². The van der Waals surface area contributed by atoms with Crippen molar-refractivity contribution >= 4 is 54.6 Å². The molecule has 0 atom stereocenters. The van der Waals surface area contributed by atoms with E-state index in [1.807, 2.05) is 24.3 Å². The zero-order valence-electron chi connectivity index (χ0n) is 14.6. The first-order chi connectivity index (χ1) is 13.5. The molecule has 0 aliphatic heterocycles. The fourth-order valence-corrected chi connectivity index (χ4v) is 3.17. The molecular formula is C16H12N4O8S. The molecule has 2 aromatic carbocycles. The van der Waals surface area contributed by atoms with Crippen LogP contribution in [0.5, 0.6) is 0 Å². The van der Waals surface area contributed by atoms with Crippen LogP contribution in [0.4, 0.5) is 11.4 Å². The van der Waals surface area contributed by atoms with E-state index >= 15 is 0 Å². The average Bonchev–Trinajstić information content (AvgIpc) is 2.98. The maximum absolute atomic E-state index is 11.4. The van der Waals surface area contributed by atoms with Crippen molar-refractivity contribution in [2.75, 3.05) is 0 Å². The third-order valence-electron chi connectivity index (χ3n) is 4.22. The van der Waals surface area contributed by atoms with E-state index < -0.39 is 20.2 Å². The molecule has 0 saturated heterocycles. The van der Waals surface area contributed by atoms with Gasteiger partial charge in [-0.15, -0.1) is 0 Å². The molecule has 4 rings (SSSR count). The minimum atomic E-state index is -4.92. The highest BCUT2D eigenvalue weighted by Crippen LogP contribution is 2.33. The van der Waals surface area contributed by atoms with Crippen molar-refractivity contribution in [3.8, 4) is 0 Å². The quantitative estimate of drug-likeness (QED) is 0.162. The third-order valence-corrected chi connectivity index (χ3v) is 4.22. The summed E-state index contributed by atoms with van der Waals surface area (Å²) in [6.45, 7) is 0. The van der Waals surface area contributed by atoms with E-state index in [4.69, 9.17) is 17.5 Å². The Hall–Kier alpha value is -3.68. The number of nitro benzene ring substituents is 2. The molecule has 12 nitrogen and oxygen atoms in total. The van der Waals surface area contributed by atoms with E-state index in [1.54, 1.807) is 17.7 Å². The molecule has 0 fully saturated rings. The van der Waals surface area contributed by atoms with E-state index in [2.05, 4.69) is 4.98 Å². The molecule has 29 heavy (non-hydrogen) atoms. The second kappa shape index (κ2) is 7.05. The molecule has 2 heterocycles. The molecule has 0 amide bonds. The first kappa shape index (κ1) is 20.1. The second-order valence-electron chi connectivity index (χ2n) is 5.98. The lowest BCUT2D eigenvalue weighted by molar-refractivity contribution is -0.617. The average molecular weight is 420 g/mol. The first-order valence-electron chi connectivity index (χ1n) is 7.81. The van der Waals surface area contributed by atoms with Crippen LogP contribution in [-0.4, -0.2) is 32.4 Å². The number of rotatable bonds is 2. The van der Waals surface area contributed by atoms with Crippen LogP contribution in [0.1, 0.15) is 0 Å². The minimum Gasteiger partial charge on any atom is -0.726 e. The van der Waals surface area contributed by atoms with Crippen molar-refractivity contribution in [2.24, 2.45) is 7.05 Å². The van der Waals surface area contributed by atoms with Gasteiger partial charge in [0.1, 0.15) is 18.0 Å². The van der Waals surface area contributed by atoms with Crippen LogP contribution in [0.15, 0.2) is 42.5 Å². The monoisotopic (exact) mass is 420 g/mol. The van der Waals surface area contributed by atoms with Gasteiger partial charge in [0.2, 0.25) is 21.4 Å². The van der Waals surface area contributed by atoms with Gasteiger partial charge in [0.15, 0.2) is 0 Å². The smallest absolute Gasteiger partial charge is 0.290 e. The number of fused-ring (bicyclic) bond motifs is 4. The normalized spacial score (nSPS) is 11.4. The molecule has 0 spiro atoms. The summed E-state index contributed by atoms with van der Waals surface area (Å²) in [6, 6.07) is 11.7. The van der Waals surface area contributed by atoms with Crippen molar-refractivity contribution in [3.63, 3.8) is 0 Å². The van der Waals surface area contributed by atoms with Gasteiger partial charge in [0.05, 0.1) is 32.9 Å². The molecule has 2 aromatic heterocycles. The number of pyridine rings is 1. The highest BCUT2D eigenvalue weighted by atomic mass is 32.3. The van der Waals surface area contributed by atoms with Crippen molar-refractivity contribution < 1.29 is 31.9 Å². The lowest BCUT2D eigenvalue weighted by Gasteiger charge is -2.01. The Labute approximate surface area is 161 Å². The van der Waals surface area contributed by atoms with E-state index in [-0.39, 0.29) is 11.4 Å². The molecule has 13 heteroatoms. The second-order valence-corrected chi connectivity index (χ2v) is 6.83. The minimum absolute atomic E-state index is 0.282. The number of aryl methyl sites for hydroxylation is 1. The summed E-state index contributed by atoms with van der Waals surface area (Å²) in [7, 11) is -3.17. The predicted octanol–water partition coefficient (Wildman–Crippen LogP) is 2.12. The topological polar surface area (TPSA) is 183 Å². The van der Waals surface area contributed by atoms with Crippen molar-refractivity contribution in [1.29, 1.82) is 0 Å². The SMILES string of the molecule is C[n+]1c2cc([N+](=O)[O-])cc([N+](=O)[O-])c2cc2[nH]c3ccccc3c21.O=S(=O)([O-])O. The van der Waals surface area contributed by atoms with E-state index in [0.717, 1.165) is 28.0 Å². The largest absolute Gasteiger partial charge is 0.726 e. The van der Waals surface area contributed by atoms with Gasteiger partial charge in [-0.2, -0.15) is 4.57 Å². The summed E-state index contributed by atoms with van der Waals surface area (Å²) in [6.07, 6.45) is 0. The van der Waals surface area contributed by atoms with Crippen LogP contribution in [0, 0.1) is 20.2 Å². The lowest BCUT2D eigenvalue weighted by atomic mass is 10.1. The molecule has 0 unspecified atom stereocenters. The summed E-state index contributed by atoms with van der Waals surface area (Å²) in [5.74, 6) is 0. The molecule has 0 saturated carbocycles. The van der Waals surface area contributed by atoms with Gasteiger partial charge in [-0.3, -0.25) is 24.8 Å². The highest BCUT2D eigenvalue weighted by Gasteiger charge is 2.27. The Balaban J connectivity index is 0.000000431. The number of hydrogen-bond acceptors (Lipinski definition) is 7. The van der Waals surface area contributed by atoms with E-state index in [0.29, 0.717) is 10.9 Å². The number of aromatic nitrogens is 2. The Kier molecular flexibility index (Phi) is 4.88. The molecule has 4 aromatic rings. The maximum Gasteiger partial charge on any atom is 0.290 e. The molecule has 2 N–H and O–H groups in total. The number of nitro groups is 2. The van der Waals surface area contributed by atoms with Gasteiger partial charge in [-0.1, -0.05) is 12.1 Å². The molecule has 0 aliphatic carbocycles. The van der Waals surface area contributed by atoms with Gasteiger partial charge in [0.25, 0.3) is 11.4 Å². The maximum atomic E-state index is 11.4. The van der Waals surface area contributed by atoms with Crippen molar-refractivity contribution in [2.45, 2.75) is 0 Å². The number of hydrogen-bond donors (Lipinski definition) is 2. The summed E-state index contributed by atoms with van der Waals surface area (Å²) in [5.41, 5.74) is 2.33. The Morgan fingerprint density at radius 3 is 2.21 bits per heavy atom. The standard InChI is InChI=1S/C16H10N4O4.H2O4S/c1-18-14-6-9(19(21)22)7-15(20(23)24)11(14)8-13-16(18)10-4-2-3-5-12(10)17-13;1-5(2,3)4/h2-8H,1H3;(H2,1,2,3,4). The van der Waals surface area contributed by atoms with E-state index in [9.17, 15) is 20.2 Å². The number of nitrogens with one attached hydrogen (secondary N) is 1. The fraction of sp³-hybridized carbons (Fsp3) is 0.0625. The number of nitrogens with zero attached hydrogens (tertiary/aromatic N) is 3. The van der Waals surface area contributed by atoms with Gasteiger partial charge >= 0.3 is 0 Å².